The molecule has 3 aromatic rings. The first-order chi connectivity index (χ1) is 16.9. The van der Waals surface area contributed by atoms with Gasteiger partial charge in [-0.1, -0.05) is 30.3 Å². The lowest BCUT2D eigenvalue weighted by molar-refractivity contribution is 0.112. The number of fused-ring (bicyclic) bond motifs is 1. The Bertz CT molecular complexity index is 1300. The molecule has 0 saturated heterocycles. The number of imidazole rings is 1. The van der Waals surface area contributed by atoms with Crippen molar-refractivity contribution >= 4 is 33.9 Å². The molecular formula is C25H35N5O5S. The number of methoxy groups -OCH3 is 1. The van der Waals surface area contributed by atoms with E-state index in [2.05, 4.69) is 15.3 Å². The van der Waals surface area contributed by atoms with Crippen LogP contribution >= 0.6 is 10.6 Å². The second-order valence-electron chi connectivity index (χ2n) is 9.03. The lowest BCUT2D eigenvalue weighted by atomic mass is 10.1. The molecule has 5 N–H and O–H groups in total. The van der Waals surface area contributed by atoms with Crippen LogP contribution < -0.4 is 15.8 Å². The predicted molar refractivity (Wildman–Crippen MR) is 145 cm³/mol. The number of aliphatic imine (C=N–C) groups is 1. The van der Waals surface area contributed by atoms with Crippen LogP contribution in [-0.2, 0) is 4.74 Å². The number of rotatable bonds is 6. The van der Waals surface area contributed by atoms with E-state index in [9.17, 15) is 13.9 Å². The van der Waals surface area contributed by atoms with Crippen LogP contribution in [0.4, 0.5) is 4.79 Å². The maximum atomic E-state index is 12.4. The molecule has 0 aliphatic heterocycles. The highest BCUT2D eigenvalue weighted by atomic mass is 32.3. The molecule has 11 heteroatoms. The largest absolute Gasteiger partial charge is 0.495 e. The number of amidine groups is 1. The molecule has 10 nitrogen and oxygen atoms in total. The average molecular weight is 518 g/mol. The SMILES string of the molecule is CN=C(/C=C(\N)c1cnc2cc(OC)c(S(O)(O)C(C)(C)C)cn12)NC(=O)O[C@H](C)c1ccccc1.[HH]. The van der Waals surface area contributed by atoms with Crippen LogP contribution in [0.3, 0.4) is 0 Å². The van der Waals surface area contributed by atoms with Gasteiger partial charge in [0.05, 0.1) is 29.4 Å². The van der Waals surface area contributed by atoms with Gasteiger partial charge in [0.1, 0.15) is 28.2 Å². The van der Waals surface area contributed by atoms with Gasteiger partial charge in [-0.15, -0.1) is 0 Å². The first kappa shape index (κ1) is 27.1. The summed E-state index contributed by atoms with van der Waals surface area (Å²) < 4.78 is 33.6. The Balaban J connectivity index is 0.00000481. The van der Waals surface area contributed by atoms with Gasteiger partial charge in [0.15, 0.2) is 0 Å². The molecule has 0 spiro atoms. The van der Waals surface area contributed by atoms with Crippen LogP contribution in [0.5, 0.6) is 5.75 Å². The number of ether oxygens (including phenoxy) is 2. The zero-order valence-electron chi connectivity index (χ0n) is 21.2. The molecule has 196 valence electrons. The number of hydrogen-bond acceptors (Lipinski definition) is 8. The molecule has 1 atom stereocenters. The normalized spacial score (nSPS) is 14.4. The Morgan fingerprint density at radius 3 is 2.56 bits per heavy atom. The van der Waals surface area contributed by atoms with Gasteiger partial charge < -0.3 is 15.2 Å². The minimum absolute atomic E-state index is 0. The number of pyridine rings is 1. The minimum atomic E-state index is -3.24. The topological polar surface area (TPSA) is 144 Å². The van der Waals surface area contributed by atoms with Crippen LogP contribution in [0.2, 0.25) is 0 Å². The molecular weight excluding hydrogens is 482 g/mol. The molecule has 0 fully saturated rings. The second kappa shape index (κ2) is 10.6. The molecule has 0 bridgehead atoms. The molecule has 1 amide bonds. The van der Waals surface area contributed by atoms with Gasteiger partial charge in [0.25, 0.3) is 0 Å². The van der Waals surface area contributed by atoms with E-state index in [0.717, 1.165) is 5.56 Å². The van der Waals surface area contributed by atoms with E-state index in [4.69, 9.17) is 15.2 Å². The summed E-state index contributed by atoms with van der Waals surface area (Å²) in [5, 5.41) is 2.59. The monoisotopic (exact) mass is 517 g/mol. The van der Waals surface area contributed by atoms with E-state index in [1.54, 1.807) is 44.4 Å². The van der Waals surface area contributed by atoms with Crippen molar-refractivity contribution in [3.05, 3.63) is 66.1 Å². The van der Waals surface area contributed by atoms with Crippen LogP contribution in [0, 0.1) is 0 Å². The fourth-order valence-electron chi connectivity index (χ4n) is 3.37. The van der Waals surface area contributed by atoms with E-state index < -0.39 is 27.5 Å². The fourth-order valence-corrected chi connectivity index (χ4v) is 4.70. The minimum Gasteiger partial charge on any atom is -0.495 e. The maximum Gasteiger partial charge on any atom is 0.413 e. The van der Waals surface area contributed by atoms with E-state index in [1.165, 1.54) is 26.4 Å². The summed E-state index contributed by atoms with van der Waals surface area (Å²) in [5.41, 5.74) is 8.40. The number of carbonyl (C=O) groups excluding carboxylic acids is 1. The molecule has 0 aliphatic carbocycles. The zero-order valence-corrected chi connectivity index (χ0v) is 22.0. The van der Waals surface area contributed by atoms with E-state index in [0.29, 0.717) is 17.1 Å². The Morgan fingerprint density at radius 1 is 1.31 bits per heavy atom. The first-order valence-electron chi connectivity index (χ1n) is 11.2. The molecule has 0 saturated carbocycles. The van der Waals surface area contributed by atoms with Crippen molar-refractivity contribution in [3.8, 4) is 5.75 Å². The smallest absolute Gasteiger partial charge is 0.413 e. The van der Waals surface area contributed by atoms with E-state index >= 15 is 0 Å². The number of aromatic nitrogens is 2. The summed E-state index contributed by atoms with van der Waals surface area (Å²) in [6.07, 6.45) is 3.43. The second-order valence-corrected chi connectivity index (χ2v) is 11.8. The van der Waals surface area contributed by atoms with Crippen LogP contribution in [0.25, 0.3) is 11.3 Å². The predicted octanol–water partition coefficient (Wildman–Crippen LogP) is 5.31. The summed E-state index contributed by atoms with van der Waals surface area (Å²) in [6.45, 7) is 6.99. The number of hydrogen-bond donors (Lipinski definition) is 4. The van der Waals surface area contributed by atoms with Gasteiger partial charge in [-0.05, 0) is 33.3 Å². The van der Waals surface area contributed by atoms with E-state index in [1.807, 2.05) is 30.3 Å². The van der Waals surface area contributed by atoms with Crippen LogP contribution in [0.1, 0.15) is 46.5 Å². The molecule has 36 heavy (non-hydrogen) atoms. The summed E-state index contributed by atoms with van der Waals surface area (Å²) in [7, 11) is -0.273. The van der Waals surface area contributed by atoms with Crippen molar-refractivity contribution in [2.45, 2.75) is 43.4 Å². The highest BCUT2D eigenvalue weighted by molar-refractivity contribution is 8.25. The van der Waals surface area contributed by atoms with Crippen LogP contribution in [0.15, 0.2) is 64.8 Å². The van der Waals surface area contributed by atoms with Crippen molar-refractivity contribution in [3.63, 3.8) is 0 Å². The summed E-state index contributed by atoms with van der Waals surface area (Å²) in [5.74, 6) is 0.491. The molecule has 2 heterocycles. The molecule has 0 aliphatic rings. The van der Waals surface area contributed by atoms with Crippen molar-refractivity contribution in [1.82, 2.24) is 14.7 Å². The third-order valence-corrected chi connectivity index (χ3v) is 8.19. The first-order valence-corrected chi connectivity index (χ1v) is 12.7. The van der Waals surface area contributed by atoms with Gasteiger partial charge in [-0.3, -0.25) is 23.8 Å². The lowest BCUT2D eigenvalue weighted by Crippen LogP contribution is -2.31. The Labute approximate surface area is 213 Å². The standard InChI is InChI=1S/C25H33N5O5S.H2/c1-16(17-10-8-7-9-11-17)35-24(31)29-22(27-5)12-18(26)19-14-28-23-13-20(34-6)21(15-30(19)23)36(32,33)25(2,3)4;/h7-16,32-33H,26H2,1-6H3,(H,27,29,31);1H/b18-12-;/t16-;/m1./s1. The van der Waals surface area contributed by atoms with Gasteiger partial charge in [-0.25, -0.2) is 9.78 Å². The fraction of sp³-hybridized carbons (Fsp3) is 0.320. The van der Waals surface area contributed by atoms with Crippen molar-refractivity contribution in [1.29, 1.82) is 0 Å². The molecule has 1 aromatic carbocycles. The zero-order chi connectivity index (χ0) is 26.7. The molecule has 3 rings (SSSR count). The van der Waals surface area contributed by atoms with Gasteiger partial charge >= 0.3 is 6.09 Å². The quantitative estimate of drug-likeness (QED) is 0.256. The number of nitrogens with one attached hydrogen (secondary N) is 1. The van der Waals surface area contributed by atoms with Gasteiger partial charge in [0.2, 0.25) is 0 Å². The van der Waals surface area contributed by atoms with Crippen molar-refractivity contribution < 1.29 is 24.8 Å². The maximum absolute atomic E-state index is 12.4. The number of amides is 1. The van der Waals surface area contributed by atoms with Crippen LogP contribution in [-0.4, -0.2) is 49.3 Å². The highest BCUT2D eigenvalue weighted by Gasteiger charge is 2.34. The summed E-state index contributed by atoms with van der Waals surface area (Å²) >= 11 is 0. The van der Waals surface area contributed by atoms with E-state index in [-0.39, 0.29) is 17.9 Å². The van der Waals surface area contributed by atoms with Crippen molar-refractivity contribution in [2.24, 2.45) is 10.7 Å². The number of carbonyl (C=O) groups is 1. The van der Waals surface area contributed by atoms with Gasteiger partial charge in [0, 0.05) is 26.8 Å². The Kier molecular flexibility index (Phi) is 7.97. The van der Waals surface area contributed by atoms with Crippen molar-refractivity contribution in [2.75, 3.05) is 14.2 Å². The third-order valence-electron chi connectivity index (χ3n) is 5.57. The third kappa shape index (κ3) is 5.64. The van der Waals surface area contributed by atoms with Gasteiger partial charge in [-0.2, -0.15) is 10.6 Å². The summed E-state index contributed by atoms with van der Waals surface area (Å²) in [4.78, 5) is 21.1. The molecule has 0 unspecified atom stereocenters. The number of nitrogens with two attached hydrogens (primary N) is 1. The average Bonchev–Trinajstić information content (AvgIpc) is 3.25. The number of benzene rings is 1. The molecule has 2 aromatic heterocycles. The Morgan fingerprint density at radius 2 is 1.97 bits per heavy atom. The highest BCUT2D eigenvalue weighted by Crippen LogP contribution is 2.61. The Hall–Kier alpha value is -3.54. The number of alkyl carbamates (subject to hydrolysis) is 1. The molecule has 0 radical (unpaired) electrons. The number of nitrogens with zero attached hydrogens (tertiary/aromatic N) is 3. The lowest BCUT2D eigenvalue weighted by Gasteiger charge is -2.44. The summed E-state index contributed by atoms with van der Waals surface area (Å²) in [6, 6.07) is 11.0.